The molecule has 2 aromatic carbocycles. The lowest BCUT2D eigenvalue weighted by Gasteiger charge is -2.08. The molecule has 33 heavy (non-hydrogen) atoms. The van der Waals surface area contributed by atoms with Crippen LogP contribution in [0, 0.1) is 12.7 Å². The van der Waals surface area contributed by atoms with Crippen molar-refractivity contribution in [1.29, 1.82) is 0 Å². The lowest BCUT2D eigenvalue weighted by molar-refractivity contribution is 0.306. The number of fused-ring (bicyclic) bond motifs is 2. The Morgan fingerprint density at radius 2 is 2.00 bits per heavy atom. The summed E-state index contributed by atoms with van der Waals surface area (Å²) in [5.74, 6) is 0.221. The fourth-order valence-corrected chi connectivity index (χ4v) is 5.24. The Morgan fingerprint density at radius 1 is 1.12 bits per heavy atom. The molecule has 0 saturated heterocycles. The second-order valence-electron chi connectivity index (χ2n) is 7.08. The number of aromatic nitrogens is 5. The Bertz CT molecular complexity index is 1580. The van der Waals surface area contributed by atoms with Gasteiger partial charge in [0.1, 0.15) is 12.4 Å². The van der Waals surface area contributed by atoms with E-state index in [1.165, 1.54) is 34.1 Å². The molecule has 0 aliphatic heterocycles. The maximum absolute atomic E-state index is 13.6. The minimum atomic E-state index is -3.70. The lowest BCUT2D eigenvalue weighted by Crippen LogP contribution is -2.28. The highest BCUT2D eigenvalue weighted by Crippen LogP contribution is 2.24. The summed E-state index contributed by atoms with van der Waals surface area (Å²) in [5.41, 5.74) is 1.76. The van der Waals surface area contributed by atoms with E-state index in [4.69, 9.17) is 4.74 Å². The fourth-order valence-electron chi connectivity index (χ4n) is 3.26. The predicted octanol–water partition coefficient (Wildman–Crippen LogP) is 3.21. The highest BCUT2D eigenvalue weighted by atomic mass is 32.2. The Labute approximate surface area is 191 Å². The fraction of sp³-hybridized carbons (Fsp3) is 0.143. The quantitative estimate of drug-likeness (QED) is 0.353. The molecule has 0 spiro atoms. The van der Waals surface area contributed by atoms with Crippen LogP contribution in [0.4, 0.5) is 4.39 Å². The van der Waals surface area contributed by atoms with Crippen LogP contribution in [0.1, 0.15) is 5.01 Å². The number of aryl methyl sites for hydroxylation is 1. The number of hydrogen-bond acceptors (Lipinski definition) is 8. The van der Waals surface area contributed by atoms with Gasteiger partial charge in [-0.25, -0.2) is 22.5 Å². The summed E-state index contributed by atoms with van der Waals surface area (Å²) in [4.78, 5) is 4.51. The first-order chi connectivity index (χ1) is 15.9. The molecule has 5 aromatic rings. The summed E-state index contributed by atoms with van der Waals surface area (Å²) in [5, 5.41) is 13.3. The summed E-state index contributed by atoms with van der Waals surface area (Å²) in [6.45, 7) is 1.97. The number of sulfonamides is 1. The number of rotatable bonds is 7. The van der Waals surface area contributed by atoms with E-state index in [1.807, 2.05) is 6.92 Å². The van der Waals surface area contributed by atoms with Crippen LogP contribution in [-0.4, -0.2) is 46.4 Å². The average molecular weight is 485 g/mol. The normalized spacial score (nSPS) is 11.9. The van der Waals surface area contributed by atoms with Crippen molar-refractivity contribution in [3.8, 4) is 17.3 Å². The maximum Gasteiger partial charge on any atom is 0.240 e. The van der Waals surface area contributed by atoms with E-state index < -0.39 is 15.8 Å². The van der Waals surface area contributed by atoms with Gasteiger partial charge >= 0.3 is 0 Å². The van der Waals surface area contributed by atoms with Crippen LogP contribution < -0.4 is 9.46 Å². The molecule has 12 heteroatoms. The largest absolute Gasteiger partial charge is 0.475 e. The van der Waals surface area contributed by atoms with Crippen LogP contribution in [0.25, 0.3) is 27.3 Å². The summed E-state index contributed by atoms with van der Waals surface area (Å²) in [6, 6.07) is 14.1. The molecule has 168 valence electrons. The van der Waals surface area contributed by atoms with Gasteiger partial charge in [-0.15, -0.1) is 26.6 Å². The second-order valence-corrected chi connectivity index (χ2v) is 10.1. The molecule has 0 radical (unpaired) electrons. The lowest BCUT2D eigenvalue weighted by atomic mass is 10.2. The van der Waals surface area contributed by atoms with E-state index in [0.29, 0.717) is 17.0 Å². The molecule has 0 fully saturated rings. The molecule has 0 atom stereocenters. The van der Waals surface area contributed by atoms with Crippen LogP contribution >= 0.6 is 11.3 Å². The number of ether oxygens (including phenoxy) is 1. The average Bonchev–Trinajstić information content (AvgIpc) is 3.38. The van der Waals surface area contributed by atoms with Crippen molar-refractivity contribution in [2.24, 2.45) is 0 Å². The molecule has 0 aliphatic rings. The zero-order valence-electron chi connectivity index (χ0n) is 17.3. The molecule has 1 N–H and O–H groups in total. The van der Waals surface area contributed by atoms with E-state index in [0.717, 1.165) is 15.2 Å². The van der Waals surface area contributed by atoms with Gasteiger partial charge in [-0.1, -0.05) is 12.1 Å². The third kappa shape index (κ3) is 4.40. The number of benzene rings is 2. The second kappa shape index (κ2) is 8.46. The van der Waals surface area contributed by atoms with Gasteiger partial charge in [0.25, 0.3) is 0 Å². The van der Waals surface area contributed by atoms with Crippen LogP contribution in [-0.2, 0) is 10.0 Å². The molecular formula is C21H17FN6O3S2. The summed E-state index contributed by atoms with van der Waals surface area (Å²) < 4.78 is 49.2. The summed E-state index contributed by atoms with van der Waals surface area (Å²) in [6.07, 6.45) is 0. The van der Waals surface area contributed by atoms with Crippen LogP contribution in [0.5, 0.6) is 5.88 Å². The van der Waals surface area contributed by atoms with Crippen molar-refractivity contribution < 1.29 is 17.5 Å². The Morgan fingerprint density at radius 3 is 2.85 bits per heavy atom. The summed E-state index contributed by atoms with van der Waals surface area (Å²) >= 11 is 1.44. The monoisotopic (exact) mass is 484 g/mol. The van der Waals surface area contributed by atoms with Gasteiger partial charge in [0.05, 0.1) is 20.1 Å². The van der Waals surface area contributed by atoms with Crippen molar-refractivity contribution in [2.45, 2.75) is 11.8 Å². The van der Waals surface area contributed by atoms with Gasteiger partial charge in [-0.2, -0.15) is 4.52 Å². The van der Waals surface area contributed by atoms with E-state index in [9.17, 15) is 12.8 Å². The predicted molar refractivity (Wildman–Crippen MR) is 121 cm³/mol. The van der Waals surface area contributed by atoms with Gasteiger partial charge < -0.3 is 4.74 Å². The minimum absolute atomic E-state index is 0.0424. The first-order valence-electron chi connectivity index (χ1n) is 9.87. The third-order valence-corrected chi connectivity index (χ3v) is 7.13. The maximum atomic E-state index is 13.6. The van der Waals surface area contributed by atoms with E-state index in [-0.39, 0.29) is 23.9 Å². The SMILES string of the molecule is Cc1nc2ccc(S(=O)(=O)NCCOc3ccc4nnc(-c5cccc(F)c5)n4n3)cc2s1. The minimum Gasteiger partial charge on any atom is -0.475 e. The molecule has 0 saturated carbocycles. The van der Waals surface area contributed by atoms with Crippen LogP contribution in [0.15, 0.2) is 59.5 Å². The highest BCUT2D eigenvalue weighted by molar-refractivity contribution is 7.89. The molecule has 0 unspecified atom stereocenters. The van der Waals surface area contributed by atoms with Gasteiger partial charge in [0.2, 0.25) is 15.9 Å². The van der Waals surface area contributed by atoms with E-state index in [2.05, 4.69) is 25.0 Å². The molecule has 3 heterocycles. The standard InChI is InChI=1S/C21H17FN6O3S2/c1-13-24-17-6-5-16(12-18(17)32-13)33(29,30)23-9-10-31-20-8-7-19-25-26-21(28(19)27-20)14-3-2-4-15(22)11-14/h2-8,11-12,23H,9-10H2,1H3. The van der Waals surface area contributed by atoms with Crippen LogP contribution in [0.2, 0.25) is 0 Å². The molecular weight excluding hydrogens is 467 g/mol. The Kier molecular flexibility index (Phi) is 5.48. The first kappa shape index (κ1) is 21.4. The zero-order chi connectivity index (χ0) is 23.0. The van der Waals surface area contributed by atoms with Gasteiger partial charge in [0, 0.05) is 18.2 Å². The van der Waals surface area contributed by atoms with Crippen molar-refractivity contribution in [2.75, 3.05) is 13.2 Å². The first-order valence-corrected chi connectivity index (χ1v) is 12.2. The van der Waals surface area contributed by atoms with Crippen molar-refractivity contribution in [3.63, 3.8) is 0 Å². The number of nitrogens with zero attached hydrogens (tertiary/aromatic N) is 5. The van der Waals surface area contributed by atoms with Crippen LogP contribution in [0.3, 0.4) is 0 Å². The molecule has 0 amide bonds. The Hall–Kier alpha value is -3.48. The number of halogens is 1. The van der Waals surface area contributed by atoms with Gasteiger partial charge in [-0.3, -0.25) is 0 Å². The van der Waals surface area contributed by atoms with Crippen molar-refractivity contribution in [3.05, 3.63) is 65.4 Å². The third-order valence-electron chi connectivity index (χ3n) is 4.74. The van der Waals surface area contributed by atoms with Crippen molar-refractivity contribution >= 4 is 37.2 Å². The molecule has 0 aliphatic carbocycles. The smallest absolute Gasteiger partial charge is 0.240 e. The van der Waals surface area contributed by atoms with E-state index >= 15 is 0 Å². The number of thiazole rings is 1. The van der Waals surface area contributed by atoms with Gasteiger partial charge in [0.15, 0.2) is 11.5 Å². The van der Waals surface area contributed by atoms with E-state index in [1.54, 1.807) is 36.4 Å². The number of nitrogens with one attached hydrogen (secondary N) is 1. The molecule has 3 aromatic heterocycles. The highest BCUT2D eigenvalue weighted by Gasteiger charge is 2.16. The number of hydrogen-bond donors (Lipinski definition) is 1. The van der Waals surface area contributed by atoms with Crippen molar-refractivity contribution in [1.82, 2.24) is 29.5 Å². The molecule has 0 bridgehead atoms. The van der Waals surface area contributed by atoms with Gasteiger partial charge in [-0.05, 0) is 43.3 Å². The summed E-state index contributed by atoms with van der Waals surface area (Å²) in [7, 11) is -3.70. The zero-order valence-corrected chi connectivity index (χ0v) is 18.9. The topological polar surface area (TPSA) is 111 Å². The molecule has 9 nitrogen and oxygen atoms in total. The molecule has 5 rings (SSSR count). The Balaban J connectivity index is 1.26.